The van der Waals surface area contributed by atoms with E-state index in [1.54, 1.807) is 12.3 Å². The summed E-state index contributed by atoms with van der Waals surface area (Å²) < 4.78 is 0. The van der Waals surface area contributed by atoms with E-state index >= 15 is 0 Å². The van der Waals surface area contributed by atoms with Gasteiger partial charge in [-0.05, 0) is 28.8 Å². The highest BCUT2D eigenvalue weighted by Gasteiger charge is 2.02. The Labute approximate surface area is 79.2 Å². The van der Waals surface area contributed by atoms with Gasteiger partial charge in [-0.15, -0.1) is 0 Å². The van der Waals surface area contributed by atoms with Gasteiger partial charge in [0.25, 0.3) is 0 Å². The lowest BCUT2D eigenvalue weighted by molar-refractivity contribution is 1.08. The van der Waals surface area contributed by atoms with E-state index < -0.39 is 0 Å². The Morgan fingerprint density at radius 2 is 2.29 bits per heavy atom. The molecule has 68 valence electrons. The molecule has 6 heteroatoms. The molecule has 0 atom stereocenters. The third kappa shape index (κ3) is 1.55. The average molecular weight is 186 g/mol. The second kappa shape index (κ2) is 3.59. The van der Waals surface area contributed by atoms with Gasteiger partial charge in [-0.3, -0.25) is 10.1 Å². The zero-order chi connectivity index (χ0) is 9.80. The van der Waals surface area contributed by atoms with Crippen LogP contribution in [0.4, 0.5) is 5.82 Å². The molecule has 2 aromatic heterocycles. The lowest BCUT2D eigenvalue weighted by Gasteiger charge is -1.91. The van der Waals surface area contributed by atoms with Crippen molar-refractivity contribution in [1.29, 1.82) is 0 Å². The Bertz CT molecular complexity index is 468. The van der Waals surface area contributed by atoms with Crippen LogP contribution in [-0.4, -0.2) is 15.2 Å². The summed E-state index contributed by atoms with van der Waals surface area (Å²) in [5, 5.41) is 9.93. The van der Waals surface area contributed by atoms with Crippen molar-refractivity contribution in [3.05, 3.63) is 40.9 Å². The van der Waals surface area contributed by atoms with Gasteiger partial charge < -0.3 is 0 Å². The van der Waals surface area contributed by atoms with E-state index in [4.69, 9.17) is 5.53 Å². The molecule has 0 bridgehead atoms. The minimum absolute atomic E-state index is 0.383. The van der Waals surface area contributed by atoms with E-state index in [1.165, 1.54) is 0 Å². The summed E-state index contributed by atoms with van der Waals surface area (Å²) in [6, 6.07) is 7.16. The van der Waals surface area contributed by atoms with Crippen molar-refractivity contribution in [2.75, 3.05) is 0 Å². The fourth-order valence-electron chi connectivity index (χ4n) is 1.06. The Kier molecular flexibility index (Phi) is 2.12. The summed E-state index contributed by atoms with van der Waals surface area (Å²) in [5.74, 6) is 0.383. The number of rotatable bonds is 2. The predicted octanol–water partition coefficient (Wildman–Crippen LogP) is 2.41. The normalized spacial score (nSPS) is 9.43. The lowest BCUT2D eigenvalue weighted by atomic mass is 10.3. The molecule has 0 fully saturated rings. The van der Waals surface area contributed by atoms with Crippen LogP contribution in [0.15, 0.2) is 35.6 Å². The first-order chi connectivity index (χ1) is 6.90. The molecule has 2 rings (SSSR count). The highest BCUT2D eigenvalue weighted by molar-refractivity contribution is 5.56. The zero-order valence-corrected chi connectivity index (χ0v) is 7.12. The summed E-state index contributed by atoms with van der Waals surface area (Å²) in [6.07, 6.45) is 1.68. The van der Waals surface area contributed by atoms with Crippen LogP contribution >= 0.6 is 0 Å². The number of H-pyrrole nitrogens is 1. The molecule has 1 N–H and O–H groups in total. The first kappa shape index (κ1) is 8.28. The topological polar surface area (TPSA) is 90.3 Å². The van der Waals surface area contributed by atoms with Crippen LogP contribution < -0.4 is 0 Å². The largest absolute Gasteiger partial charge is 0.275 e. The molecule has 0 saturated carbocycles. The van der Waals surface area contributed by atoms with E-state index in [0.717, 1.165) is 5.69 Å². The average Bonchev–Trinajstić information content (AvgIpc) is 2.68. The Balaban J connectivity index is 2.39. The van der Waals surface area contributed by atoms with Crippen molar-refractivity contribution >= 4 is 5.82 Å². The highest BCUT2D eigenvalue weighted by atomic mass is 15.2. The van der Waals surface area contributed by atoms with E-state index in [9.17, 15) is 0 Å². The molecule has 0 aliphatic rings. The van der Waals surface area contributed by atoms with Gasteiger partial charge in [0.05, 0.1) is 5.69 Å². The third-order valence-corrected chi connectivity index (χ3v) is 1.64. The molecular formula is C8H6N6. The van der Waals surface area contributed by atoms with E-state index in [-0.39, 0.29) is 0 Å². The molecule has 0 aliphatic carbocycles. The van der Waals surface area contributed by atoms with Crippen LogP contribution in [0.1, 0.15) is 0 Å². The molecule has 2 heterocycles. The molecule has 14 heavy (non-hydrogen) atoms. The molecule has 0 radical (unpaired) electrons. The van der Waals surface area contributed by atoms with Gasteiger partial charge in [0.2, 0.25) is 0 Å². The summed E-state index contributed by atoms with van der Waals surface area (Å²) in [5.41, 5.74) is 9.59. The molecule has 0 aromatic carbocycles. The number of aromatic amines is 1. The minimum atomic E-state index is 0.383. The third-order valence-electron chi connectivity index (χ3n) is 1.64. The minimum Gasteiger partial charge on any atom is -0.275 e. The second-order valence-corrected chi connectivity index (χ2v) is 2.54. The van der Waals surface area contributed by atoms with E-state index in [2.05, 4.69) is 25.2 Å². The second-order valence-electron chi connectivity index (χ2n) is 2.54. The number of aromatic nitrogens is 3. The SMILES string of the molecule is [N-]=[N+]=Nc1cc(-c2ccccn2)n[nH]1. The van der Waals surface area contributed by atoms with Crippen LogP contribution in [0.25, 0.3) is 21.8 Å². The van der Waals surface area contributed by atoms with Crippen molar-refractivity contribution in [2.24, 2.45) is 5.11 Å². The van der Waals surface area contributed by atoms with Crippen LogP contribution in [0, 0.1) is 0 Å². The Hall–Kier alpha value is -2.33. The standard InChI is InChI=1S/C8H6N6/c9-14-13-8-5-7(11-12-8)6-3-1-2-4-10-6/h1-5H,(H,11,12). The quantitative estimate of drug-likeness (QED) is 0.443. The molecule has 2 aromatic rings. The first-order valence-corrected chi connectivity index (χ1v) is 3.92. The number of hydrogen-bond acceptors (Lipinski definition) is 3. The number of pyridine rings is 1. The van der Waals surface area contributed by atoms with Crippen molar-refractivity contribution in [3.63, 3.8) is 0 Å². The summed E-state index contributed by atoms with van der Waals surface area (Å²) >= 11 is 0. The number of hydrogen-bond donors (Lipinski definition) is 1. The van der Waals surface area contributed by atoms with Gasteiger partial charge in [-0.25, -0.2) is 0 Å². The fourth-order valence-corrected chi connectivity index (χ4v) is 1.06. The lowest BCUT2D eigenvalue weighted by Crippen LogP contribution is -1.80. The van der Waals surface area contributed by atoms with Crippen molar-refractivity contribution in [3.8, 4) is 11.4 Å². The smallest absolute Gasteiger partial charge is 0.122 e. The number of nitrogens with one attached hydrogen (secondary N) is 1. The summed E-state index contributed by atoms with van der Waals surface area (Å²) in [6.45, 7) is 0. The summed E-state index contributed by atoms with van der Waals surface area (Å²) in [4.78, 5) is 6.75. The Morgan fingerprint density at radius 1 is 1.36 bits per heavy atom. The maximum Gasteiger partial charge on any atom is 0.122 e. The molecule has 0 saturated heterocycles. The maximum atomic E-state index is 8.19. The zero-order valence-electron chi connectivity index (χ0n) is 7.12. The Morgan fingerprint density at radius 3 is 3.00 bits per heavy atom. The van der Waals surface area contributed by atoms with Gasteiger partial charge in [0.1, 0.15) is 11.5 Å². The summed E-state index contributed by atoms with van der Waals surface area (Å²) in [7, 11) is 0. The molecule has 6 nitrogen and oxygen atoms in total. The number of nitrogens with zero attached hydrogens (tertiary/aromatic N) is 5. The monoisotopic (exact) mass is 186 g/mol. The van der Waals surface area contributed by atoms with Crippen LogP contribution in [0.2, 0.25) is 0 Å². The molecule has 0 unspecified atom stereocenters. The van der Waals surface area contributed by atoms with Gasteiger partial charge in [0, 0.05) is 11.1 Å². The van der Waals surface area contributed by atoms with Crippen LogP contribution in [-0.2, 0) is 0 Å². The van der Waals surface area contributed by atoms with Gasteiger partial charge in [0.15, 0.2) is 0 Å². The van der Waals surface area contributed by atoms with Crippen LogP contribution in [0.3, 0.4) is 0 Å². The maximum absolute atomic E-state index is 8.19. The van der Waals surface area contributed by atoms with Crippen molar-refractivity contribution < 1.29 is 0 Å². The van der Waals surface area contributed by atoms with Gasteiger partial charge in [-0.2, -0.15) is 5.10 Å². The van der Waals surface area contributed by atoms with Crippen molar-refractivity contribution in [1.82, 2.24) is 15.2 Å². The fraction of sp³-hybridized carbons (Fsp3) is 0. The molecule has 0 amide bonds. The molecule has 0 spiro atoms. The molecule has 0 aliphatic heterocycles. The first-order valence-electron chi connectivity index (χ1n) is 3.92. The number of azide groups is 1. The van der Waals surface area contributed by atoms with E-state index in [1.807, 2.05) is 18.2 Å². The van der Waals surface area contributed by atoms with Crippen LogP contribution in [0.5, 0.6) is 0 Å². The van der Waals surface area contributed by atoms with Crippen molar-refractivity contribution in [2.45, 2.75) is 0 Å². The van der Waals surface area contributed by atoms with Gasteiger partial charge >= 0.3 is 0 Å². The predicted molar refractivity (Wildman–Crippen MR) is 50.6 cm³/mol. The molecular weight excluding hydrogens is 180 g/mol. The highest BCUT2D eigenvalue weighted by Crippen LogP contribution is 2.18. The van der Waals surface area contributed by atoms with E-state index in [0.29, 0.717) is 11.5 Å². The van der Waals surface area contributed by atoms with Gasteiger partial charge in [-0.1, -0.05) is 6.07 Å².